The van der Waals surface area contributed by atoms with Gasteiger partial charge in [0.05, 0.1) is 11.1 Å². The van der Waals surface area contributed by atoms with E-state index in [0.29, 0.717) is 16.5 Å². The summed E-state index contributed by atoms with van der Waals surface area (Å²) in [5, 5.41) is 9.56. The number of carboxylic acid groups (broad SMARTS) is 1. The maximum Gasteiger partial charge on any atom is 0.354 e. The lowest BCUT2D eigenvalue weighted by molar-refractivity contribution is 0.0690. The monoisotopic (exact) mass is 461 g/mol. The minimum atomic E-state index is -4.21. The molecule has 9 heteroatoms. The molecule has 2 aromatic carbocycles. The van der Waals surface area contributed by atoms with Crippen molar-refractivity contribution >= 4 is 32.6 Å². The average molecular weight is 461 g/mol. The Morgan fingerprint density at radius 2 is 1.85 bits per heavy atom. The fourth-order valence-electron chi connectivity index (χ4n) is 3.21. The normalized spacial score (nSPS) is 11.0. The Labute approximate surface area is 189 Å². The number of aromatic carboxylic acids is 1. The summed E-state index contributed by atoms with van der Waals surface area (Å²) in [5.41, 5.74) is 0.783. The number of rotatable bonds is 4. The Morgan fingerprint density at radius 3 is 2.58 bits per heavy atom. The molecule has 0 aliphatic carbocycles. The molecule has 2 aromatic heterocycles. The first-order valence-corrected chi connectivity index (χ1v) is 11.1. The second-order valence-corrected chi connectivity index (χ2v) is 8.66. The summed E-state index contributed by atoms with van der Waals surface area (Å²) < 4.78 is 43.6. The van der Waals surface area contributed by atoms with Crippen LogP contribution in [0.5, 0.6) is 0 Å². The molecule has 33 heavy (non-hydrogen) atoms. The number of anilines is 1. The first-order valence-electron chi connectivity index (χ1n) is 9.63. The number of carboxylic acids is 1. The number of pyridine rings is 2. The van der Waals surface area contributed by atoms with Crippen LogP contribution in [0.2, 0.25) is 0 Å². The van der Waals surface area contributed by atoms with E-state index in [0.717, 1.165) is 6.07 Å². The molecule has 0 radical (unpaired) electrons. The van der Waals surface area contributed by atoms with Gasteiger partial charge in [0.1, 0.15) is 22.1 Å². The number of aryl methyl sites for hydroxylation is 1. The van der Waals surface area contributed by atoms with Gasteiger partial charge in [0.15, 0.2) is 0 Å². The number of halogens is 1. The molecule has 0 spiro atoms. The van der Waals surface area contributed by atoms with Crippen molar-refractivity contribution < 1.29 is 22.7 Å². The number of hydrogen-bond donors (Lipinski definition) is 2. The van der Waals surface area contributed by atoms with Crippen LogP contribution < -0.4 is 4.72 Å². The third-order valence-corrected chi connectivity index (χ3v) is 6.29. The van der Waals surface area contributed by atoms with Gasteiger partial charge in [-0.15, -0.1) is 0 Å². The lowest BCUT2D eigenvalue weighted by Crippen LogP contribution is -2.17. The number of nitrogens with zero attached hydrogens (tertiary/aromatic N) is 2. The van der Waals surface area contributed by atoms with E-state index >= 15 is 0 Å². The van der Waals surface area contributed by atoms with Crippen LogP contribution in [0.3, 0.4) is 0 Å². The summed E-state index contributed by atoms with van der Waals surface area (Å²) in [6, 6.07) is 13.6. The largest absolute Gasteiger partial charge is 0.477 e. The van der Waals surface area contributed by atoms with E-state index in [1.54, 1.807) is 31.2 Å². The van der Waals surface area contributed by atoms with Gasteiger partial charge in [-0.25, -0.2) is 22.6 Å². The highest BCUT2D eigenvalue weighted by atomic mass is 32.2. The lowest BCUT2D eigenvalue weighted by atomic mass is 10.1. The van der Waals surface area contributed by atoms with Crippen LogP contribution in [0.25, 0.3) is 10.9 Å². The number of nitrogens with one attached hydrogen (secondary N) is 1. The summed E-state index contributed by atoms with van der Waals surface area (Å²) in [5.74, 6) is 3.50. The zero-order valence-corrected chi connectivity index (χ0v) is 18.0. The molecule has 0 atom stereocenters. The fourth-order valence-corrected chi connectivity index (χ4v) is 4.70. The van der Waals surface area contributed by atoms with Crippen LogP contribution in [-0.4, -0.2) is 29.5 Å². The maximum absolute atomic E-state index is 14.7. The molecule has 4 rings (SSSR count). The van der Waals surface area contributed by atoms with E-state index in [-0.39, 0.29) is 27.4 Å². The van der Waals surface area contributed by atoms with Crippen LogP contribution in [0.4, 0.5) is 10.1 Å². The van der Waals surface area contributed by atoms with Gasteiger partial charge in [-0.2, -0.15) is 0 Å². The Morgan fingerprint density at radius 1 is 1.03 bits per heavy atom. The summed E-state index contributed by atoms with van der Waals surface area (Å²) >= 11 is 0. The number of carbonyl (C=O) groups is 1. The lowest BCUT2D eigenvalue weighted by Gasteiger charge is -2.14. The third-order valence-electron chi connectivity index (χ3n) is 4.77. The predicted molar refractivity (Wildman–Crippen MR) is 121 cm³/mol. The Kier molecular flexibility index (Phi) is 5.77. The number of fused-ring (bicyclic) bond motifs is 1. The quantitative estimate of drug-likeness (QED) is 0.445. The predicted octanol–water partition coefficient (Wildman–Crippen LogP) is 3.98. The van der Waals surface area contributed by atoms with Gasteiger partial charge in [-0.1, -0.05) is 36.1 Å². The van der Waals surface area contributed by atoms with Gasteiger partial charge in [0.25, 0.3) is 10.0 Å². The number of sulfonamides is 1. The van der Waals surface area contributed by atoms with Crippen molar-refractivity contribution in [2.75, 3.05) is 4.72 Å². The van der Waals surface area contributed by atoms with Crippen LogP contribution in [0, 0.1) is 24.6 Å². The molecule has 0 fully saturated rings. The first kappa shape index (κ1) is 21.9. The van der Waals surface area contributed by atoms with Crippen molar-refractivity contribution in [3.63, 3.8) is 0 Å². The molecular formula is C24H16FN3O4S. The molecule has 2 heterocycles. The first-order chi connectivity index (χ1) is 15.8. The zero-order chi connectivity index (χ0) is 23.6. The number of aromatic nitrogens is 2. The van der Waals surface area contributed by atoms with Crippen molar-refractivity contribution in [2.45, 2.75) is 11.8 Å². The van der Waals surface area contributed by atoms with Crippen LogP contribution in [0.1, 0.15) is 27.2 Å². The highest BCUT2D eigenvalue weighted by Crippen LogP contribution is 2.29. The molecule has 164 valence electrons. The van der Waals surface area contributed by atoms with E-state index in [4.69, 9.17) is 5.11 Å². The molecule has 7 nitrogen and oxygen atoms in total. The molecular weight excluding hydrogens is 445 g/mol. The van der Waals surface area contributed by atoms with Crippen molar-refractivity contribution in [1.29, 1.82) is 0 Å². The topological polar surface area (TPSA) is 109 Å². The van der Waals surface area contributed by atoms with E-state index in [2.05, 4.69) is 26.5 Å². The minimum Gasteiger partial charge on any atom is -0.477 e. The van der Waals surface area contributed by atoms with Gasteiger partial charge in [0, 0.05) is 23.3 Å². The molecule has 0 bridgehead atoms. The van der Waals surface area contributed by atoms with Gasteiger partial charge in [0.2, 0.25) is 0 Å². The van der Waals surface area contributed by atoms with Gasteiger partial charge in [-0.05, 0) is 42.8 Å². The minimum absolute atomic E-state index is 0.0452. The van der Waals surface area contributed by atoms with Crippen LogP contribution >= 0.6 is 0 Å². The van der Waals surface area contributed by atoms with Gasteiger partial charge < -0.3 is 5.11 Å². The molecule has 2 N–H and O–H groups in total. The van der Waals surface area contributed by atoms with E-state index in [9.17, 15) is 17.6 Å². The zero-order valence-electron chi connectivity index (χ0n) is 17.2. The smallest absolute Gasteiger partial charge is 0.354 e. The summed E-state index contributed by atoms with van der Waals surface area (Å²) in [6.07, 6.45) is 2.76. The maximum atomic E-state index is 14.7. The number of para-hydroxylation sites is 1. The summed E-state index contributed by atoms with van der Waals surface area (Å²) in [7, 11) is -4.21. The molecule has 0 amide bonds. The standard InChI is InChI=1S/C24H16FN3O4S/c1-15-7-10-18-5-3-13-26-22(18)23(15)33(31,32)28-21-17(4-2-6-19(21)25)11-8-16-9-12-20(24(29)30)27-14-16/h2-7,9-10,12-14,28H,1H3,(H,29,30). The van der Waals surface area contributed by atoms with Crippen molar-refractivity contribution in [3.05, 3.63) is 95.2 Å². The second-order valence-electron chi connectivity index (χ2n) is 7.04. The highest BCUT2D eigenvalue weighted by molar-refractivity contribution is 7.93. The number of benzene rings is 2. The van der Waals surface area contributed by atoms with Crippen molar-refractivity contribution in [1.82, 2.24) is 9.97 Å². The van der Waals surface area contributed by atoms with Crippen LogP contribution in [0.15, 0.2) is 71.9 Å². The highest BCUT2D eigenvalue weighted by Gasteiger charge is 2.23. The fraction of sp³-hybridized carbons (Fsp3) is 0.0417. The Balaban J connectivity index is 1.75. The third kappa shape index (κ3) is 4.51. The Bertz CT molecular complexity index is 1560. The summed E-state index contributed by atoms with van der Waals surface area (Å²) in [6.45, 7) is 1.64. The molecule has 0 unspecified atom stereocenters. The molecule has 4 aromatic rings. The SMILES string of the molecule is Cc1ccc2cccnc2c1S(=O)(=O)Nc1c(F)cccc1C#Cc1ccc(C(=O)O)nc1. The molecule has 0 aliphatic rings. The molecule has 0 saturated carbocycles. The molecule has 0 saturated heterocycles. The van der Waals surface area contributed by atoms with E-state index < -0.39 is 21.8 Å². The molecule has 0 aliphatic heterocycles. The van der Waals surface area contributed by atoms with Crippen LogP contribution in [-0.2, 0) is 10.0 Å². The summed E-state index contributed by atoms with van der Waals surface area (Å²) in [4.78, 5) is 18.8. The van der Waals surface area contributed by atoms with E-state index in [1.165, 1.54) is 36.7 Å². The Hall–Kier alpha value is -4.29. The average Bonchev–Trinajstić information content (AvgIpc) is 2.79. The van der Waals surface area contributed by atoms with Crippen molar-refractivity contribution in [3.8, 4) is 11.8 Å². The van der Waals surface area contributed by atoms with E-state index in [1.807, 2.05) is 0 Å². The van der Waals surface area contributed by atoms with Gasteiger partial charge in [-0.3, -0.25) is 9.71 Å². The van der Waals surface area contributed by atoms with Gasteiger partial charge >= 0.3 is 5.97 Å². The van der Waals surface area contributed by atoms with Crippen molar-refractivity contribution in [2.24, 2.45) is 0 Å². The number of hydrogen-bond acceptors (Lipinski definition) is 5. The second kappa shape index (κ2) is 8.68.